The van der Waals surface area contributed by atoms with E-state index in [0.29, 0.717) is 18.0 Å². The maximum absolute atomic E-state index is 12.5. The molecular weight excluding hydrogens is 350 g/mol. The van der Waals surface area contributed by atoms with E-state index >= 15 is 0 Å². The van der Waals surface area contributed by atoms with Gasteiger partial charge in [-0.25, -0.2) is 18.1 Å². The van der Waals surface area contributed by atoms with E-state index in [1.807, 2.05) is 18.2 Å². The van der Waals surface area contributed by atoms with E-state index < -0.39 is 10.0 Å². The number of nitrogens with one attached hydrogen (secondary N) is 1. The summed E-state index contributed by atoms with van der Waals surface area (Å²) in [6.07, 6.45) is 3.60. The van der Waals surface area contributed by atoms with Crippen LogP contribution >= 0.6 is 0 Å². The van der Waals surface area contributed by atoms with Crippen molar-refractivity contribution in [3.8, 4) is 0 Å². The van der Waals surface area contributed by atoms with Crippen LogP contribution in [0.4, 0.5) is 5.82 Å². The minimum absolute atomic E-state index is 0.135. The zero-order valence-corrected chi connectivity index (χ0v) is 15.6. The molecule has 0 bridgehead atoms. The Balaban J connectivity index is 1.56. The number of piperidine rings is 1. The molecule has 0 spiro atoms. The molecule has 0 aliphatic carbocycles. The number of ketones is 1. The van der Waals surface area contributed by atoms with Crippen LogP contribution in [0.5, 0.6) is 0 Å². The van der Waals surface area contributed by atoms with Crippen molar-refractivity contribution in [2.75, 3.05) is 24.5 Å². The van der Waals surface area contributed by atoms with Gasteiger partial charge in [-0.15, -0.1) is 0 Å². The molecule has 0 radical (unpaired) electrons. The van der Waals surface area contributed by atoms with Gasteiger partial charge in [-0.2, -0.15) is 0 Å². The summed E-state index contributed by atoms with van der Waals surface area (Å²) in [4.78, 5) is 18.2. The first-order valence-electron chi connectivity index (χ1n) is 8.72. The molecule has 2 aromatic rings. The summed E-state index contributed by atoms with van der Waals surface area (Å²) in [5.41, 5.74) is 0.400. The van der Waals surface area contributed by atoms with Crippen molar-refractivity contribution < 1.29 is 13.2 Å². The van der Waals surface area contributed by atoms with Crippen LogP contribution in [0, 0.1) is 5.92 Å². The predicted molar refractivity (Wildman–Crippen MR) is 101 cm³/mol. The second-order valence-corrected chi connectivity index (χ2v) is 8.32. The van der Waals surface area contributed by atoms with Gasteiger partial charge in [0.2, 0.25) is 10.0 Å². The Labute approximate surface area is 154 Å². The molecule has 1 aliphatic heterocycles. The Morgan fingerprint density at radius 1 is 1.19 bits per heavy atom. The van der Waals surface area contributed by atoms with Crippen LogP contribution in [0.2, 0.25) is 0 Å². The molecule has 1 aromatic heterocycles. The van der Waals surface area contributed by atoms with Crippen LogP contribution in [-0.4, -0.2) is 38.8 Å². The number of anilines is 1. The molecule has 6 nitrogen and oxygen atoms in total. The molecule has 7 heteroatoms. The van der Waals surface area contributed by atoms with E-state index in [0.717, 1.165) is 31.7 Å². The fourth-order valence-corrected chi connectivity index (χ4v) is 4.26. The molecule has 0 atom stereocenters. The van der Waals surface area contributed by atoms with Crippen molar-refractivity contribution in [2.24, 2.45) is 5.92 Å². The molecule has 1 saturated heterocycles. The Kier molecular flexibility index (Phi) is 5.68. The van der Waals surface area contributed by atoms with Gasteiger partial charge in [0.1, 0.15) is 5.82 Å². The monoisotopic (exact) mass is 373 g/mol. The fraction of sp³-hybridized carbons (Fsp3) is 0.368. The number of sulfonamides is 1. The van der Waals surface area contributed by atoms with E-state index in [2.05, 4.69) is 14.6 Å². The first-order valence-corrected chi connectivity index (χ1v) is 10.2. The largest absolute Gasteiger partial charge is 0.357 e. The van der Waals surface area contributed by atoms with Gasteiger partial charge in [0, 0.05) is 31.4 Å². The highest BCUT2D eigenvalue weighted by Gasteiger charge is 2.22. The highest BCUT2D eigenvalue weighted by atomic mass is 32.2. The first kappa shape index (κ1) is 18.5. The number of hydrogen-bond acceptors (Lipinski definition) is 5. The topological polar surface area (TPSA) is 79.4 Å². The van der Waals surface area contributed by atoms with Crippen LogP contribution in [-0.2, 0) is 10.0 Å². The maximum Gasteiger partial charge on any atom is 0.240 e. The summed E-state index contributed by atoms with van der Waals surface area (Å²) in [6, 6.07) is 12.0. The summed E-state index contributed by atoms with van der Waals surface area (Å²) < 4.78 is 27.7. The lowest BCUT2D eigenvalue weighted by atomic mass is 9.97. The lowest BCUT2D eigenvalue weighted by Gasteiger charge is -2.32. The van der Waals surface area contributed by atoms with Crippen molar-refractivity contribution in [3.05, 3.63) is 54.2 Å². The SMILES string of the molecule is CC(=O)c1cccc(S(=O)(=O)NCC2CCN(c3ccccn3)CC2)c1. The smallest absolute Gasteiger partial charge is 0.240 e. The van der Waals surface area contributed by atoms with Crippen LogP contribution in [0.3, 0.4) is 0 Å². The van der Waals surface area contributed by atoms with Crippen molar-refractivity contribution in [2.45, 2.75) is 24.7 Å². The minimum atomic E-state index is -3.61. The number of hydrogen-bond donors (Lipinski definition) is 1. The summed E-state index contributed by atoms with van der Waals surface area (Å²) in [5.74, 6) is 1.11. The standard InChI is InChI=1S/C19H23N3O3S/c1-15(23)17-5-4-6-18(13-17)26(24,25)21-14-16-8-11-22(12-9-16)19-7-2-3-10-20-19/h2-7,10,13,16,21H,8-9,11-12,14H2,1H3. The lowest BCUT2D eigenvalue weighted by Crippen LogP contribution is -2.39. The highest BCUT2D eigenvalue weighted by molar-refractivity contribution is 7.89. The summed E-state index contributed by atoms with van der Waals surface area (Å²) in [6.45, 7) is 3.56. The van der Waals surface area contributed by atoms with E-state index in [9.17, 15) is 13.2 Å². The molecule has 1 aliphatic rings. The number of Topliss-reactive ketones (excluding diaryl/α,β-unsaturated/α-hetero) is 1. The second kappa shape index (κ2) is 7.97. The number of nitrogens with zero attached hydrogens (tertiary/aromatic N) is 2. The molecule has 3 rings (SSSR count). The van der Waals surface area contributed by atoms with Crippen molar-refractivity contribution in [1.29, 1.82) is 0 Å². The summed E-state index contributed by atoms with van der Waals surface area (Å²) in [7, 11) is -3.61. The van der Waals surface area contributed by atoms with Gasteiger partial charge in [-0.1, -0.05) is 18.2 Å². The molecule has 0 saturated carbocycles. The third-order valence-corrected chi connectivity index (χ3v) is 6.12. The van der Waals surface area contributed by atoms with Gasteiger partial charge in [-0.05, 0) is 49.9 Å². The average molecular weight is 373 g/mol. The molecule has 0 amide bonds. The number of benzene rings is 1. The van der Waals surface area contributed by atoms with Crippen molar-refractivity contribution in [1.82, 2.24) is 9.71 Å². The van der Waals surface area contributed by atoms with Gasteiger partial charge >= 0.3 is 0 Å². The molecule has 0 unspecified atom stereocenters. The minimum Gasteiger partial charge on any atom is -0.357 e. The number of aromatic nitrogens is 1. The molecule has 2 heterocycles. The van der Waals surface area contributed by atoms with Gasteiger partial charge in [0.25, 0.3) is 0 Å². The highest BCUT2D eigenvalue weighted by Crippen LogP contribution is 2.21. The van der Waals surface area contributed by atoms with Crippen LogP contribution in [0.1, 0.15) is 30.1 Å². The third kappa shape index (κ3) is 4.47. The Morgan fingerprint density at radius 2 is 1.96 bits per heavy atom. The lowest BCUT2D eigenvalue weighted by molar-refractivity contribution is 0.101. The molecule has 26 heavy (non-hydrogen) atoms. The van der Waals surface area contributed by atoms with Gasteiger partial charge in [0.15, 0.2) is 5.78 Å². The van der Waals surface area contributed by atoms with E-state index in [1.165, 1.54) is 19.1 Å². The number of pyridine rings is 1. The second-order valence-electron chi connectivity index (χ2n) is 6.55. The van der Waals surface area contributed by atoms with Gasteiger partial charge in [0.05, 0.1) is 4.90 Å². The van der Waals surface area contributed by atoms with Crippen LogP contribution in [0.15, 0.2) is 53.6 Å². The normalized spacial score (nSPS) is 15.8. The van der Waals surface area contributed by atoms with Crippen LogP contribution in [0.25, 0.3) is 0 Å². The van der Waals surface area contributed by atoms with Gasteiger partial charge in [-0.3, -0.25) is 4.79 Å². The van der Waals surface area contributed by atoms with E-state index in [4.69, 9.17) is 0 Å². The third-order valence-electron chi connectivity index (χ3n) is 4.70. The van der Waals surface area contributed by atoms with E-state index in [-0.39, 0.29) is 10.7 Å². The van der Waals surface area contributed by atoms with Crippen molar-refractivity contribution >= 4 is 21.6 Å². The quantitative estimate of drug-likeness (QED) is 0.787. The van der Waals surface area contributed by atoms with E-state index in [1.54, 1.807) is 18.3 Å². The Bertz CT molecular complexity index is 861. The molecule has 1 fully saturated rings. The molecule has 138 valence electrons. The Morgan fingerprint density at radius 3 is 2.62 bits per heavy atom. The van der Waals surface area contributed by atoms with Crippen LogP contribution < -0.4 is 9.62 Å². The Hall–Kier alpha value is -2.25. The fourth-order valence-electron chi connectivity index (χ4n) is 3.10. The maximum atomic E-state index is 12.5. The molecular formula is C19H23N3O3S. The molecule has 1 aromatic carbocycles. The van der Waals surface area contributed by atoms with Gasteiger partial charge < -0.3 is 4.90 Å². The average Bonchev–Trinajstić information content (AvgIpc) is 2.68. The zero-order valence-electron chi connectivity index (χ0n) is 14.8. The number of carbonyl (C=O) groups excluding carboxylic acids is 1. The van der Waals surface area contributed by atoms with Crippen molar-refractivity contribution in [3.63, 3.8) is 0 Å². The number of rotatable bonds is 6. The molecule has 1 N–H and O–H groups in total. The predicted octanol–water partition coefficient (Wildman–Crippen LogP) is 2.48. The summed E-state index contributed by atoms with van der Waals surface area (Å²) in [5, 5.41) is 0. The first-order chi connectivity index (χ1) is 12.5. The zero-order chi connectivity index (χ0) is 18.6. The number of carbonyl (C=O) groups is 1. The summed E-state index contributed by atoms with van der Waals surface area (Å²) >= 11 is 0.